The van der Waals surface area contributed by atoms with Gasteiger partial charge in [-0.25, -0.2) is 4.98 Å². The van der Waals surface area contributed by atoms with Crippen LogP contribution in [0, 0.1) is 11.3 Å². The summed E-state index contributed by atoms with van der Waals surface area (Å²) in [6.07, 6.45) is -3.58. The van der Waals surface area contributed by atoms with Crippen LogP contribution in [-0.4, -0.2) is 4.98 Å². The van der Waals surface area contributed by atoms with Crippen molar-refractivity contribution in [3.63, 3.8) is 0 Å². The van der Waals surface area contributed by atoms with E-state index in [9.17, 15) is 13.2 Å². The van der Waals surface area contributed by atoms with Crippen LogP contribution in [0.15, 0.2) is 24.3 Å². The average Bonchev–Trinajstić information content (AvgIpc) is 2.17. The lowest BCUT2D eigenvalue weighted by atomic mass is 10.2. The Morgan fingerprint density at radius 1 is 1.47 bits per heavy atom. The first kappa shape index (κ1) is 11.0. The van der Waals surface area contributed by atoms with Crippen LogP contribution in [0.1, 0.15) is 11.4 Å². The second-order valence-corrected chi connectivity index (χ2v) is 2.63. The van der Waals surface area contributed by atoms with Gasteiger partial charge in [-0.15, -0.1) is 0 Å². The van der Waals surface area contributed by atoms with Gasteiger partial charge in [-0.1, -0.05) is 6.07 Å². The topological polar surface area (TPSA) is 62.7 Å². The van der Waals surface area contributed by atoms with Gasteiger partial charge in [0.05, 0.1) is 17.5 Å². The number of pyridine rings is 1. The number of rotatable bonds is 1. The van der Waals surface area contributed by atoms with E-state index >= 15 is 0 Å². The number of aromatic nitrogens is 1. The molecule has 0 atom stereocenters. The van der Waals surface area contributed by atoms with E-state index < -0.39 is 11.9 Å². The molecule has 0 bridgehead atoms. The molecule has 6 heteroatoms. The van der Waals surface area contributed by atoms with E-state index in [-0.39, 0.29) is 11.4 Å². The normalized spacial score (nSPS) is 12.3. The zero-order chi connectivity index (χ0) is 11.5. The van der Waals surface area contributed by atoms with Crippen molar-refractivity contribution in [2.75, 3.05) is 0 Å². The molecular formula is C9H6F3N3. The van der Waals surface area contributed by atoms with Gasteiger partial charge in [0.25, 0.3) is 0 Å². The number of nitrogens with two attached hydrogens (primary N) is 1. The molecule has 0 radical (unpaired) electrons. The Bertz CT molecular complexity index is 429. The number of hydrogen-bond acceptors (Lipinski definition) is 3. The summed E-state index contributed by atoms with van der Waals surface area (Å²) in [5, 5.41) is 8.27. The minimum absolute atomic E-state index is 0.0635. The smallest absolute Gasteiger partial charge is 0.396 e. The van der Waals surface area contributed by atoms with E-state index in [1.807, 2.05) is 0 Å². The van der Waals surface area contributed by atoms with Gasteiger partial charge in [-0.3, -0.25) is 0 Å². The fourth-order valence-electron chi connectivity index (χ4n) is 0.897. The van der Waals surface area contributed by atoms with Crippen molar-refractivity contribution < 1.29 is 13.2 Å². The van der Waals surface area contributed by atoms with Crippen LogP contribution >= 0.6 is 0 Å². The molecule has 0 saturated carbocycles. The molecule has 0 unspecified atom stereocenters. The lowest BCUT2D eigenvalue weighted by Crippen LogP contribution is -2.10. The van der Waals surface area contributed by atoms with E-state index in [0.717, 1.165) is 12.1 Å². The first-order valence-corrected chi connectivity index (χ1v) is 3.85. The van der Waals surface area contributed by atoms with Gasteiger partial charge >= 0.3 is 6.18 Å². The maximum Gasteiger partial charge on any atom is 0.433 e. The zero-order valence-electron chi connectivity index (χ0n) is 7.42. The Kier molecular flexibility index (Phi) is 2.95. The molecule has 1 heterocycles. The molecule has 0 spiro atoms. The molecule has 0 saturated heterocycles. The molecule has 1 rings (SSSR count). The predicted octanol–water partition coefficient (Wildman–Crippen LogP) is 1.92. The van der Waals surface area contributed by atoms with Crippen LogP contribution in [0.2, 0.25) is 0 Å². The van der Waals surface area contributed by atoms with Crippen molar-refractivity contribution in [2.45, 2.75) is 6.18 Å². The summed E-state index contributed by atoms with van der Waals surface area (Å²) in [7, 11) is 0. The van der Waals surface area contributed by atoms with Crippen LogP contribution in [0.5, 0.6) is 0 Å². The summed E-state index contributed by atoms with van der Waals surface area (Å²) in [5.41, 5.74) is 4.14. The van der Waals surface area contributed by atoms with Gasteiger partial charge in [0.1, 0.15) is 5.69 Å². The average molecular weight is 213 g/mol. The van der Waals surface area contributed by atoms with Gasteiger partial charge in [-0.2, -0.15) is 18.4 Å². The van der Waals surface area contributed by atoms with E-state index in [1.54, 1.807) is 6.07 Å². The molecule has 1 aromatic heterocycles. The molecule has 3 nitrogen and oxygen atoms in total. The van der Waals surface area contributed by atoms with Crippen LogP contribution in [0.4, 0.5) is 13.2 Å². The summed E-state index contributed by atoms with van der Waals surface area (Å²) in [6.45, 7) is 0. The molecule has 78 valence electrons. The van der Waals surface area contributed by atoms with Crippen molar-refractivity contribution in [3.8, 4) is 6.07 Å². The van der Waals surface area contributed by atoms with Crippen LogP contribution < -0.4 is 5.73 Å². The summed E-state index contributed by atoms with van der Waals surface area (Å²) in [5.74, 6) is 0. The molecule has 2 N–H and O–H groups in total. The highest BCUT2D eigenvalue weighted by atomic mass is 19.4. The number of allylic oxidation sites excluding steroid dienone is 1. The molecule has 0 fully saturated rings. The number of hydrogen-bond donors (Lipinski definition) is 1. The van der Waals surface area contributed by atoms with Crippen molar-refractivity contribution in [1.82, 2.24) is 4.98 Å². The summed E-state index contributed by atoms with van der Waals surface area (Å²) >= 11 is 0. The lowest BCUT2D eigenvalue weighted by Gasteiger charge is -2.06. The summed E-state index contributed by atoms with van der Waals surface area (Å²) in [4.78, 5) is 3.29. The SMILES string of the molecule is N#CC=C(N)c1cccc(C(F)(F)F)n1. The van der Waals surface area contributed by atoms with E-state index in [2.05, 4.69) is 4.98 Å². The summed E-state index contributed by atoms with van der Waals surface area (Å²) in [6, 6.07) is 4.94. The maximum absolute atomic E-state index is 12.2. The third kappa shape index (κ3) is 2.71. The van der Waals surface area contributed by atoms with Gasteiger partial charge in [-0.05, 0) is 12.1 Å². The molecule has 0 aliphatic heterocycles. The minimum Gasteiger partial charge on any atom is -0.396 e. The van der Waals surface area contributed by atoms with Gasteiger partial charge in [0, 0.05) is 6.08 Å². The first-order chi connectivity index (χ1) is 6.95. The van der Waals surface area contributed by atoms with Gasteiger partial charge < -0.3 is 5.73 Å². The largest absolute Gasteiger partial charge is 0.433 e. The van der Waals surface area contributed by atoms with Crippen molar-refractivity contribution in [2.24, 2.45) is 5.73 Å². The van der Waals surface area contributed by atoms with Gasteiger partial charge in [0.2, 0.25) is 0 Å². The highest BCUT2D eigenvalue weighted by Crippen LogP contribution is 2.27. The van der Waals surface area contributed by atoms with Crippen LogP contribution in [-0.2, 0) is 6.18 Å². The minimum atomic E-state index is -4.51. The van der Waals surface area contributed by atoms with Crippen molar-refractivity contribution >= 4 is 5.70 Å². The second-order valence-electron chi connectivity index (χ2n) is 2.63. The Morgan fingerprint density at radius 2 is 2.13 bits per heavy atom. The van der Waals surface area contributed by atoms with Crippen LogP contribution in [0.3, 0.4) is 0 Å². The predicted molar refractivity (Wildman–Crippen MR) is 47.0 cm³/mol. The van der Waals surface area contributed by atoms with E-state index in [4.69, 9.17) is 11.0 Å². The van der Waals surface area contributed by atoms with Crippen molar-refractivity contribution in [3.05, 3.63) is 35.7 Å². The highest BCUT2D eigenvalue weighted by Gasteiger charge is 2.32. The van der Waals surface area contributed by atoms with Gasteiger partial charge in [0.15, 0.2) is 0 Å². The fraction of sp³-hybridized carbons (Fsp3) is 0.111. The van der Waals surface area contributed by atoms with E-state index in [0.29, 0.717) is 0 Å². The number of nitrogens with zero attached hydrogens (tertiary/aromatic N) is 2. The Hall–Kier alpha value is -2.03. The summed E-state index contributed by atoms with van der Waals surface area (Å²) < 4.78 is 36.7. The molecule has 0 aliphatic carbocycles. The number of alkyl halides is 3. The molecular weight excluding hydrogens is 207 g/mol. The third-order valence-electron chi connectivity index (χ3n) is 1.56. The lowest BCUT2D eigenvalue weighted by molar-refractivity contribution is -0.141. The second kappa shape index (κ2) is 4.00. The maximum atomic E-state index is 12.2. The van der Waals surface area contributed by atoms with E-state index in [1.165, 1.54) is 12.1 Å². The molecule has 0 aromatic carbocycles. The Labute approximate surface area is 83.7 Å². The Morgan fingerprint density at radius 3 is 2.67 bits per heavy atom. The standard InChI is InChI=1S/C9H6F3N3/c10-9(11,12)8-3-1-2-7(15-8)6(14)4-5-13/h1-4H,14H2. The fourth-order valence-corrected chi connectivity index (χ4v) is 0.897. The van der Waals surface area contributed by atoms with Crippen molar-refractivity contribution in [1.29, 1.82) is 5.26 Å². The monoisotopic (exact) mass is 213 g/mol. The zero-order valence-corrected chi connectivity index (χ0v) is 7.42. The van der Waals surface area contributed by atoms with Crippen LogP contribution in [0.25, 0.3) is 5.70 Å². The highest BCUT2D eigenvalue weighted by molar-refractivity contribution is 5.61. The molecule has 0 aliphatic rings. The molecule has 0 amide bonds. The molecule has 15 heavy (non-hydrogen) atoms. The Balaban J connectivity index is 3.15. The number of halogens is 3. The quantitative estimate of drug-likeness (QED) is 0.725. The number of nitriles is 1. The molecule has 1 aromatic rings. The third-order valence-corrected chi connectivity index (χ3v) is 1.56. The first-order valence-electron chi connectivity index (χ1n) is 3.85.